The normalized spacial score (nSPS) is 10.1. The van der Waals surface area contributed by atoms with Crippen molar-refractivity contribution in [3.05, 3.63) is 73.8 Å². The maximum atomic E-state index is 10.9. The minimum Gasteiger partial charge on any atom is -0.380 e. The second kappa shape index (κ2) is 6.00. The van der Waals surface area contributed by atoms with Gasteiger partial charge in [0.1, 0.15) is 0 Å². The lowest BCUT2D eigenvalue weighted by atomic mass is 10.1. The van der Waals surface area contributed by atoms with Gasteiger partial charge in [-0.15, -0.1) is 0 Å². The third-order valence-corrected chi connectivity index (χ3v) is 2.94. The predicted molar refractivity (Wildman–Crippen MR) is 78.3 cm³/mol. The maximum absolute atomic E-state index is 10.9. The molecule has 2 aromatic rings. The lowest BCUT2D eigenvalue weighted by molar-refractivity contribution is -0.385. The molecular weight excluding hydrogens is 274 g/mol. The van der Waals surface area contributed by atoms with E-state index in [-0.39, 0.29) is 17.9 Å². The van der Waals surface area contributed by atoms with Gasteiger partial charge in [-0.2, -0.15) is 0 Å². The van der Waals surface area contributed by atoms with Crippen LogP contribution in [0.1, 0.15) is 11.1 Å². The molecule has 0 fully saturated rings. The minimum atomic E-state index is -0.469. The monoisotopic (exact) mass is 287 g/mol. The van der Waals surface area contributed by atoms with Gasteiger partial charge in [-0.25, -0.2) is 0 Å². The highest BCUT2D eigenvalue weighted by molar-refractivity contribution is 5.54. The molecule has 2 rings (SSSR count). The average Bonchev–Trinajstić information content (AvgIpc) is 2.44. The van der Waals surface area contributed by atoms with E-state index in [0.717, 1.165) is 5.56 Å². The molecule has 0 spiro atoms. The fraction of sp³-hybridized carbons (Fsp3) is 0.143. The second-order valence-corrected chi connectivity index (χ2v) is 4.55. The molecule has 0 saturated heterocycles. The highest BCUT2D eigenvalue weighted by Crippen LogP contribution is 2.23. The molecule has 0 unspecified atom stereocenters. The summed E-state index contributed by atoms with van der Waals surface area (Å²) in [7, 11) is 0. The highest BCUT2D eigenvalue weighted by atomic mass is 16.6. The Balaban J connectivity index is 2.21. The number of nitro benzene ring substituents is 2. The fourth-order valence-electron chi connectivity index (χ4n) is 2.01. The minimum absolute atomic E-state index is 0.0138. The number of benzene rings is 2. The molecule has 0 saturated carbocycles. The Morgan fingerprint density at radius 3 is 2.43 bits per heavy atom. The van der Waals surface area contributed by atoms with Crippen LogP contribution in [0.3, 0.4) is 0 Å². The third kappa shape index (κ3) is 3.53. The molecule has 0 aliphatic heterocycles. The number of rotatable bonds is 5. The molecular formula is C14H13N3O4. The van der Waals surface area contributed by atoms with E-state index >= 15 is 0 Å². The number of nitro groups is 2. The van der Waals surface area contributed by atoms with Gasteiger partial charge in [0.15, 0.2) is 0 Å². The third-order valence-electron chi connectivity index (χ3n) is 2.94. The summed E-state index contributed by atoms with van der Waals surface area (Å²) in [6, 6.07) is 11.0. The molecule has 0 amide bonds. The molecule has 7 nitrogen and oxygen atoms in total. The Morgan fingerprint density at radius 2 is 1.76 bits per heavy atom. The zero-order valence-corrected chi connectivity index (χ0v) is 11.3. The largest absolute Gasteiger partial charge is 0.380 e. The van der Waals surface area contributed by atoms with Gasteiger partial charge in [0.25, 0.3) is 11.4 Å². The number of aryl methyl sites for hydroxylation is 1. The van der Waals surface area contributed by atoms with Crippen molar-refractivity contribution in [3.63, 3.8) is 0 Å². The smallest absolute Gasteiger partial charge is 0.274 e. The Morgan fingerprint density at radius 1 is 1.05 bits per heavy atom. The number of nitrogens with zero attached hydrogens (tertiary/aromatic N) is 2. The quantitative estimate of drug-likeness (QED) is 0.671. The van der Waals surface area contributed by atoms with Gasteiger partial charge < -0.3 is 5.32 Å². The summed E-state index contributed by atoms with van der Waals surface area (Å²) in [5.74, 6) is 0. The summed E-state index contributed by atoms with van der Waals surface area (Å²) in [4.78, 5) is 20.8. The van der Waals surface area contributed by atoms with Crippen LogP contribution in [0, 0.1) is 27.2 Å². The molecule has 7 heteroatoms. The Bertz CT molecular complexity index is 700. The summed E-state index contributed by atoms with van der Waals surface area (Å²) < 4.78 is 0. The molecule has 0 aliphatic rings. The van der Waals surface area contributed by atoms with Crippen LogP contribution in [0.5, 0.6) is 0 Å². The average molecular weight is 287 g/mol. The van der Waals surface area contributed by atoms with Gasteiger partial charge in [-0.05, 0) is 18.6 Å². The number of hydrogen-bond donors (Lipinski definition) is 1. The molecule has 21 heavy (non-hydrogen) atoms. The van der Waals surface area contributed by atoms with Crippen LogP contribution in [0.15, 0.2) is 42.5 Å². The fourth-order valence-corrected chi connectivity index (χ4v) is 2.01. The number of hydrogen-bond acceptors (Lipinski definition) is 5. The summed E-state index contributed by atoms with van der Waals surface area (Å²) in [6.07, 6.45) is 0. The van der Waals surface area contributed by atoms with E-state index in [1.165, 1.54) is 18.2 Å². The van der Waals surface area contributed by atoms with Crippen molar-refractivity contribution < 1.29 is 9.85 Å². The summed E-state index contributed by atoms with van der Waals surface area (Å²) in [5.41, 5.74) is 1.83. The van der Waals surface area contributed by atoms with Crippen molar-refractivity contribution >= 4 is 17.1 Å². The van der Waals surface area contributed by atoms with Gasteiger partial charge in [-0.3, -0.25) is 20.2 Å². The SMILES string of the molecule is Cc1cc(NCc2ccccc2[N+](=O)[O-])cc([N+](=O)[O-])c1. The van der Waals surface area contributed by atoms with Crippen LogP contribution in [0.2, 0.25) is 0 Å². The lowest BCUT2D eigenvalue weighted by Gasteiger charge is -2.08. The van der Waals surface area contributed by atoms with Gasteiger partial charge in [0.2, 0.25) is 0 Å². The van der Waals surface area contributed by atoms with Crippen LogP contribution in [0.25, 0.3) is 0 Å². The maximum Gasteiger partial charge on any atom is 0.274 e. The van der Waals surface area contributed by atoms with Crippen LogP contribution in [-0.4, -0.2) is 9.85 Å². The zero-order valence-electron chi connectivity index (χ0n) is 11.3. The molecule has 108 valence electrons. The Hall–Kier alpha value is -2.96. The number of anilines is 1. The molecule has 1 N–H and O–H groups in total. The lowest BCUT2D eigenvalue weighted by Crippen LogP contribution is -2.03. The van der Waals surface area contributed by atoms with E-state index in [0.29, 0.717) is 11.3 Å². The van der Waals surface area contributed by atoms with Crippen LogP contribution >= 0.6 is 0 Å². The molecule has 2 aromatic carbocycles. The van der Waals surface area contributed by atoms with Crippen molar-refractivity contribution in [2.24, 2.45) is 0 Å². The first-order valence-corrected chi connectivity index (χ1v) is 6.19. The van der Waals surface area contributed by atoms with Crippen molar-refractivity contribution in [1.82, 2.24) is 0 Å². The van der Waals surface area contributed by atoms with E-state index in [1.807, 2.05) is 0 Å². The molecule has 0 radical (unpaired) electrons. The van der Waals surface area contributed by atoms with Crippen LogP contribution < -0.4 is 5.32 Å². The van der Waals surface area contributed by atoms with Crippen LogP contribution in [-0.2, 0) is 6.54 Å². The first-order valence-electron chi connectivity index (χ1n) is 6.19. The number of para-hydroxylation sites is 1. The van der Waals surface area contributed by atoms with E-state index in [4.69, 9.17) is 0 Å². The van der Waals surface area contributed by atoms with Gasteiger partial charge in [0.05, 0.1) is 9.85 Å². The molecule has 0 aromatic heterocycles. The Kier molecular flexibility index (Phi) is 4.13. The number of nitrogens with one attached hydrogen (secondary N) is 1. The molecule has 0 atom stereocenters. The molecule has 0 bridgehead atoms. The molecule has 0 aliphatic carbocycles. The van der Waals surface area contributed by atoms with Crippen molar-refractivity contribution in [3.8, 4) is 0 Å². The Labute approximate surface area is 120 Å². The first-order chi connectivity index (χ1) is 9.97. The van der Waals surface area contributed by atoms with Gasteiger partial charge in [0, 0.05) is 36.0 Å². The zero-order chi connectivity index (χ0) is 15.4. The molecule has 0 heterocycles. The highest BCUT2D eigenvalue weighted by Gasteiger charge is 2.13. The van der Waals surface area contributed by atoms with Crippen LogP contribution in [0.4, 0.5) is 17.1 Å². The standard InChI is InChI=1S/C14H13N3O4/c1-10-6-12(8-13(7-10)16(18)19)15-9-11-4-2-3-5-14(11)17(20)21/h2-8,15H,9H2,1H3. The first kappa shape index (κ1) is 14.4. The second-order valence-electron chi connectivity index (χ2n) is 4.55. The topological polar surface area (TPSA) is 98.3 Å². The van der Waals surface area contributed by atoms with E-state index in [1.54, 1.807) is 31.2 Å². The van der Waals surface area contributed by atoms with Crippen molar-refractivity contribution in [2.75, 3.05) is 5.32 Å². The van der Waals surface area contributed by atoms with E-state index in [2.05, 4.69) is 5.32 Å². The summed E-state index contributed by atoms with van der Waals surface area (Å²) in [6.45, 7) is 1.97. The van der Waals surface area contributed by atoms with Gasteiger partial charge >= 0.3 is 0 Å². The predicted octanol–water partition coefficient (Wildman–Crippen LogP) is 3.42. The van der Waals surface area contributed by atoms with E-state index in [9.17, 15) is 20.2 Å². The summed E-state index contributed by atoms with van der Waals surface area (Å²) in [5, 5.41) is 24.7. The summed E-state index contributed by atoms with van der Waals surface area (Å²) >= 11 is 0. The van der Waals surface area contributed by atoms with Gasteiger partial charge in [-0.1, -0.05) is 18.2 Å². The van der Waals surface area contributed by atoms with Crippen molar-refractivity contribution in [2.45, 2.75) is 13.5 Å². The van der Waals surface area contributed by atoms with Crippen molar-refractivity contribution in [1.29, 1.82) is 0 Å². The number of non-ortho nitro benzene ring substituents is 1. The van der Waals surface area contributed by atoms with E-state index < -0.39 is 9.85 Å².